The van der Waals surface area contributed by atoms with Crippen LogP contribution in [0.3, 0.4) is 0 Å². The number of carbonyl (C=O) groups is 2. The van der Waals surface area contributed by atoms with Gasteiger partial charge in [0.15, 0.2) is 0 Å². The van der Waals surface area contributed by atoms with Gasteiger partial charge in [0.25, 0.3) is 0 Å². The summed E-state index contributed by atoms with van der Waals surface area (Å²) in [5.41, 5.74) is 0.232. The van der Waals surface area contributed by atoms with E-state index in [4.69, 9.17) is 4.74 Å². The van der Waals surface area contributed by atoms with Crippen LogP contribution >= 0.6 is 0 Å². The molecule has 5 heteroatoms. The number of hydrogen-bond donors (Lipinski definition) is 1. The predicted molar refractivity (Wildman–Crippen MR) is 102 cm³/mol. The monoisotopic (exact) mass is 364 g/mol. The Balaban J connectivity index is 1.48. The molecule has 5 nitrogen and oxygen atoms in total. The van der Waals surface area contributed by atoms with Gasteiger partial charge in [-0.3, -0.25) is 9.59 Å². The summed E-state index contributed by atoms with van der Waals surface area (Å²) in [5.74, 6) is 3.02. The third kappa shape index (κ3) is 4.79. The first-order valence-corrected chi connectivity index (χ1v) is 10.4. The number of amides is 2. The van der Waals surface area contributed by atoms with Crippen molar-refractivity contribution < 1.29 is 14.3 Å². The molecule has 4 saturated carbocycles. The summed E-state index contributed by atoms with van der Waals surface area (Å²) in [6.07, 6.45) is 8.48. The first kappa shape index (κ1) is 19.7. The molecule has 1 N–H and O–H groups in total. The highest BCUT2D eigenvalue weighted by atomic mass is 16.5. The van der Waals surface area contributed by atoms with Crippen molar-refractivity contribution in [1.29, 1.82) is 0 Å². The molecule has 0 unspecified atom stereocenters. The molecule has 0 heterocycles. The topological polar surface area (TPSA) is 58.6 Å². The van der Waals surface area contributed by atoms with Gasteiger partial charge in [0.05, 0.1) is 13.2 Å². The molecular formula is C21H36N2O3. The second-order valence-corrected chi connectivity index (χ2v) is 9.60. The molecule has 0 aromatic heterocycles. The Labute approximate surface area is 158 Å². The Bertz CT molecular complexity index is 482. The van der Waals surface area contributed by atoms with Gasteiger partial charge >= 0.3 is 0 Å². The number of methoxy groups -OCH3 is 1. The van der Waals surface area contributed by atoms with Gasteiger partial charge in [-0.05, 0) is 67.6 Å². The quantitative estimate of drug-likeness (QED) is 0.684. The van der Waals surface area contributed by atoms with E-state index >= 15 is 0 Å². The lowest BCUT2D eigenvalue weighted by atomic mass is 9.49. The molecular weight excluding hydrogens is 328 g/mol. The summed E-state index contributed by atoms with van der Waals surface area (Å²) >= 11 is 0. The molecule has 0 atom stereocenters. The highest BCUT2D eigenvalue weighted by molar-refractivity contribution is 5.85. The van der Waals surface area contributed by atoms with Crippen LogP contribution in [0.1, 0.15) is 58.8 Å². The molecule has 0 aromatic carbocycles. The average molecular weight is 365 g/mol. The molecule has 0 aromatic rings. The van der Waals surface area contributed by atoms with Crippen LogP contribution in [0.2, 0.25) is 0 Å². The second kappa shape index (κ2) is 8.28. The Hall–Kier alpha value is -1.10. The SMILES string of the molecule is COCCN(CC(C)C)C(=O)CNC(=O)CC12CC3CC(CC(C3)C1)C2. The number of hydrogen-bond acceptors (Lipinski definition) is 3. The lowest BCUT2D eigenvalue weighted by Crippen LogP contribution is -2.49. The number of nitrogens with one attached hydrogen (secondary N) is 1. The van der Waals surface area contributed by atoms with Crippen molar-refractivity contribution in [3.05, 3.63) is 0 Å². The van der Waals surface area contributed by atoms with Crippen LogP contribution < -0.4 is 5.32 Å². The molecule has 0 spiro atoms. The Morgan fingerprint density at radius 2 is 1.69 bits per heavy atom. The van der Waals surface area contributed by atoms with Crippen LogP contribution in [-0.2, 0) is 14.3 Å². The smallest absolute Gasteiger partial charge is 0.242 e. The Kier molecular flexibility index (Phi) is 6.26. The molecule has 0 saturated heterocycles. The highest BCUT2D eigenvalue weighted by Crippen LogP contribution is 2.61. The molecule has 26 heavy (non-hydrogen) atoms. The van der Waals surface area contributed by atoms with E-state index in [1.807, 2.05) is 0 Å². The van der Waals surface area contributed by atoms with Gasteiger partial charge in [-0.2, -0.15) is 0 Å². The van der Waals surface area contributed by atoms with E-state index in [-0.39, 0.29) is 23.8 Å². The number of carbonyl (C=O) groups excluding carboxylic acids is 2. The zero-order valence-corrected chi connectivity index (χ0v) is 16.8. The largest absolute Gasteiger partial charge is 0.383 e. The number of rotatable bonds is 9. The maximum Gasteiger partial charge on any atom is 0.242 e. The van der Waals surface area contributed by atoms with Gasteiger partial charge in [-0.1, -0.05) is 13.8 Å². The highest BCUT2D eigenvalue weighted by Gasteiger charge is 2.51. The fourth-order valence-corrected chi connectivity index (χ4v) is 6.16. The molecule has 4 fully saturated rings. The van der Waals surface area contributed by atoms with E-state index in [1.54, 1.807) is 12.0 Å². The summed E-state index contributed by atoms with van der Waals surface area (Å²) in [7, 11) is 1.64. The van der Waals surface area contributed by atoms with E-state index in [1.165, 1.54) is 38.5 Å². The van der Waals surface area contributed by atoms with Crippen LogP contribution in [0, 0.1) is 29.1 Å². The van der Waals surface area contributed by atoms with E-state index in [2.05, 4.69) is 19.2 Å². The van der Waals surface area contributed by atoms with Crippen molar-refractivity contribution in [2.24, 2.45) is 29.1 Å². The first-order valence-electron chi connectivity index (χ1n) is 10.4. The third-order valence-corrected chi connectivity index (χ3v) is 6.64. The van der Waals surface area contributed by atoms with Gasteiger partial charge in [0.1, 0.15) is 0 Å². The fourth-order valence-electron chi connectivity index (χ4n) is 6.16. The maximum absolute atomic E-state index is 12.6. The van der Waals surface area contributed by atoms with E-state index in [0.29, 0.717) is 32.0 Å². The predicted octanol–water partition coefficient (Wildman–Crippen LogP) is 2.84. The average Bonchev–Trinajstić information content (AvgIpc) is 2.54. The summed E-state index contributed by atoms with van der Waals surface area (Å²) in [6.45, 7) is 6.12. The van der Waals surface area contributed by atoms with Crippen LogP contribution in [0.4, 0.5) is 0 Å². The minimum absolute atomic E-state index is 0.00499. The van der Waals surface area contributed by atoms with E-state index in [0.717, 1.165) is 17.8 Å². The molecule has 4 aliphatic rings. The molecule has 4 bridgehead atoms. The van der Waals surface area contributed by atoms with Crippen molar-refractivity contribution in [1.82, 2.24) is 10.2 Å². The standard InChI is InChI=1S/C21H36N2O3/c1-15(2)14-23(4-5-26-3)20(25)13-22-19(24)12-21-9-16-6-17(10-21)8-18(7-16)11-21/h15-18H,4-14H2,1-3H3,(H,22,24). The molecule has 4 rings (SSSR count). The van der Waals surface area contributed by atoms with Gasteiger partial charge in [-0.25, -0.2) is 0 Å². The van der Waals surface area contributed by atoms with Crippen molar-refractivity contribution in [3.63, 3.8) is 0 Å². The molecule has 0 radical (unpaired) electrons. The van der Waals surface area contributed by atoms with Crippen LogP contribution in [0.15, 0.2) is 0 Å². The Morgan fingerprint density at radius 3 is 2.19 bits per heavy atom. The lowest BCUT2D eigenvalue weighted by molar-refractivity contribution is -0.136. The maximum atomic E-state index is 12.6. The zero-order valence-electron chi connectivity index (χ0n) is 16.8. The van der Waals surface area contributed by atoms with E-state index < -0.39 is 0 Å². The van der Waals surface area contributed by atoms with Crippen LogP contribution in [0.25, 0.3) is 0 Å². The molecule has 148 valence electrons. The van der Waals surface area contributed by atoms with Crippen LogP contribution in [-0.4, -0.2) is 50.1 Å². The fraction of sp³-hybridized carbons (Fsp3) is 0.905. The minimum atomic E-state index is -0.00499. The second-order valence-electron chi connectivity index (χ2n) is 9.60. The number of ether oxygens (including phenoxy) is 1. The summed E-state index contributed by atoms with van der Waals surface area (Å²) in [5, 5.41) is 2.92. The van der Waals surface area contributed by atoms with Gasteiger partial charge in [-0.15, -0.1) is 0 Å². The third-order valence-electron chi connectivity index (χ3n) is 6.64. The summed E-state index contributed by atoms with van der Waals surface area (Å²) in [4.78, 5) is 26.9. The van der Waals surface area contributed by atoms with Crippen molar-refractivity contribution in [2.75, 3.05) is 33.4 Å². The lowest BCUT2D eigenvalue weighted by Gasteiger charge is -2.56. The normalized spacial score (nSPS) is 32.1. The van der Waals surface area contributed by atoms with E-state index in [9.17, 15) is 9.59 Å². The zero-order chi connectivity index (χ0) is 18.7. The van der Waals surface area contributed by atoms with Gasteiger partial charge in [0, 0.05) is 26.6 Å². The van der Waals surface area contributed by atoms with Gasteiger partial charge in [0.2, 0.25) is 11.8 Å². The van der Waals surface area contributed by atoms with Crippen molar-refractivity contribution in [3.8, 4) is 0 Å². The van der Waals surface area contributed by atoms with Crippen molar-refractivity contribution in [2.45, 2.75) is 58.8 Å². The first-order chi connectivity index (χ1) is 12.4. The minimum Gasteiger partial charge on any atom is -0.383 e. The Morgan fingerprint density at radius 1 is 1.12 bits per heavy atom. The van der Waals surface area contributed by atoms with Gasteiger partial charge < -0.3 is 15.0 Å². The van der Waals surface area contributed by atoms with Crippen molar-refractivity contribution >= 4 is 11.8 Å². The number of nitrogens with zero attached hydrogens (tertiary/aromatic N) is 1. The molecule has 4 aliphatic carbocycles. The molecule has 0 aliphatic heterocycles. The molecule has 2 amide bonds. The van der Waals surface area contributed by atoms with Crippen LogP contribution in [0.5, 0.6) is 0 Å². The summed E-state index contributed by atoms with van der Waals surface area (Å²) < 4.78 is 5.11. The summed E-state index contributed by atoms with van der Waals surface area (Å²) in [6, 6.07) is 0.